The molecule has 428 valence electrons. The fourth-order valence-electron chi connectivity index (χ4n) is 9.71. The van der Waals surface area contributed by atoms with E-state index in [1.165, 1.54) is 244 Å². The van der Waals surface area contributed by atoms with Gasteiger partial charge in [-0.3, -0.25) is 14.4 Å². The number of carbonyl (C=O) groups is 3. The van der Waals surface area contributed by atoms with Crippen LogP contribution in [0.3, 0.4) is 0 Å². The Morgan fingerprint density at radius 2 is 0.493 bits per heavy atom. The molecule has 0 rings (SSSR count). The molecule has 0 saturated heterocycles. The van der Waals surface area contributed by atoms with Crippen LogP contribution in [0.2, 0.25) is 0 Å². The van der Waals surface area contributed by atoms with Crippen LogP contribution in [-0.4, -0.2) is 37.2 Å². The summed E-state index contributed by atoms with van der Waals surface area (Å²) in [7, 11) is 0. The van der Waals surface area contributed by atoms with Crippen LogP contribution in [0.25, 0.3) is 0 Å². The van der Waals surface area contributed by atoms with Crippen molar-refractivity contribution in [3.63, 3.8) is 0 Å². The number of ether oxygens (including phenoxy) is 3. The first kappa shape index (κ1) is 70.6. The third-order valence-electron chi connectivity index (χ3n) is 14.6. The van der Waals surface area contributed by atoms with Gasteiger partial charge in [0, 0.05) is 19.3 Å². The minimum Gasteiger partial charge on any atom is -0.462 e. The molecule has 0 saturated carbocycles. The zero-order valence-electron chi connectivity index (χ0n) is 49.2. The maximum atomic E-state index is 12.9. The first-order chi connectivity index (χ1) is 36.0. The quantitative estimate of drug-likeness (QED) is 0.0261. The molecule has 1 atom stereocenters. The Hall–Kier alpha value is -2.37. The van der Waals surface area contributed by atoms with Crippen molar-refractivity contribution in [3.05, 3.63) is 36.5 Å². The molecule has 0 aliphatic heterocycles. The van der Waals surface area contributed by atoms with Gasteiger partial charge in [-0.2, -0.15) is 0 Å². The Morgan fingerprint density at radius 3 is 0.795 bits per heavy atom. The lowest BCUT2D eigenvalue weighted by atomic mass is 10.0. The molecular weight excluding hydrogens is 901 g/mol. The molecule has 0 spiro atoms. The second-order valence-electron chi connectivity index (χ2n) is 22.0. The van der Waals surface area contributed by atoms with Crippen LogP contribution in [0.1, 0.15) is 355 Å². The van der Waals surface area contributed by atoms with Crippen molar-refractivity contribution in [3.8, 4) is 0 Å². The molecule has 0 aromatic carbocycles. The Labute approximate surface area is 455 Å². The van der Waals surface area contributed by atoms with E-state index in [-0.39, 0.29) is 31.1 Å². The molecule has 0 unspecified atom stereocenters. The molecule has 0 radical (unpaired) electrons. The van der Waals surface area contributed by atoms with Crippen LogP contribution in [0.4, 0.5) is 0 Å². The van der Waals surface area contributed by atoms with Crippen molar-refractivity contribution >= 4 is 17.9 Å². The van der Waals surface area contributed by atoms with Crippen LogP contribution in [0, 0.1) is 0 Å². The summed E-state index contributed by atoms with van der Waals surface area (Å²) in [6, 6.07) is 0. The molecule has 0 heterocycles. The van der Waals surface area contributed by atoms with Crippen molar-refractivity contribution in [2.24, 2.45) is 0 Å². The standard InChI is InChI=1S/C67H124O6/c1-4-7-10-13-16-19-22-25-28-31-32-33-34-37-39-42-45-48-51-54-57-60-66(69)72-63-64(73-67(70)61-58-55-52-49-46-43-40-36-30-27-24-21-18-15-12-9-6-3)62-71-65(68)59-56-53-50-47-44-41-38-35-29-26-23-20-17-14-11-8-5-2/h17,20,25-26,28-29,64H,4-16,18-19,21-24,27,30-63H2,1-3H3/b20-17-,28-25-,29-26-/t64-/m1/s1. The molecule has 0 bridgehead atoms. The predicted molar refractivity (Wildman–Crippen MR) is 316 cm³/mol. The number of hydrogen-bond acceptors (Lipinski definition) is 6. The molecule has 0 N–H and O–H groups in total. The summed E-state index contributed by atoms with van der Waals surface area (Å²) in [4.78, 5) is 38.3. The summed E-state index contributed by atoms with van der Waals surface area (Å²) in [5.41, 5.74) is 0. The van der Waals surface area contributed by atoms with Crippen molar-refractivity contribution in [2.75, 3.05) is 13.2 Å². The van der Waals surface area contributed by atoms with Gasteiger partial charge < -0.3 is 14.2 Å². The Bertz CT molecular complexity index is 1220. The largest absolute Gasteiger partial charge is 0.462 e. The van der Waals surface area contributed by atoms with Gasteiger partial charge >= 0.3 is 17.9 Å². The summed E-state index contributed by atoms with van der Waals surface area (Å²) in [5, 5.41) is 0. The number of allylic oxidation sites excluding steroid dienone is 6. The van der Waals surface area contributed by atoms with Gasteiger partial charge in [-0.25, -0.2) is 0 Å². The highest BCUT2D eigenvalue weighted by Gasteiger charge is 2.19. The van der Waals surface area contributed by atoms with E-state index in [4.69, 9.17) is 14.2 Å². The molecule has 0 aliphatic carbocycles. The molecule has 6 nitrogen and oxygen atoms in total. The first-order valence-corrected chi connectivity index (χ1v) is 32.5. The summed E-state index contributed by atoms with van der Waals surface area (Å²) in [5.74, 6) is -0.854. The van der Waals surface area contributed by atoms with Crippen molar-refractivity contribution < 1.29 is 28.6 Å². The molecule has 6 heteroatoms. The van der Waals surface area contributed by atoms with Crippen LogP contribution >= 0.6 is 0 Å². The van der Waals surface area contributed by atoms with E-state index in [1.807, 2.05) is 0 Å². The van der Waals surface area contributed by atoms with E-state index in [9.17, 15) is 14.4 Å². The van der Waals surface area contributed by atoms with E-state index in [0.29, 0.717) is 19.3 Å². The maximum absolute atomic E-state index is 12.9. The van der Waals surface area contributed by atoms with Gasteiger partial charge in [0.1, 0.15) is 13.2 Å². The van der Waals surface area contributed by atoms with Crippen molar-refractivity contribution in [1.82, 2.24) is 0 Å². The second-order valence-corrected chi connectivity index (χ2v) is 22.0. The fourth-order valence-corrected chi connectivity index (χ4v) is 9.71. The zero-order chi connectivity index (χ0) is 52.9. The van der Waals surface area contributed by atoms with E-state index in [0.717, 1.165) is 70.6 Å². The highest BCUT2D eigenvalue weighted by molar-refractivity contribution is 5.71. The van der Waals surface area contributed by atoms with Gasteiger partial charge in [-0.15, -0.1) is 0 Å². The van der Waals surface area contributed by atoms with Crippen LogP contribution in [-0.2, 0) is 28.6 Å². The molecule has 0 amide bonds. The number of unbranched alkanes of at least 4 members (excludes halogenated alkanes) is 43. The van der Waals surface area contributed by atoms with E-state index in [2.05, 4.69) is 57.2 Å². The Morgan fingerprint density at radius 1 is 0.274 bits per heavy atom. The maximum Gasteiger partial charge on any atom is 0.306 e. The van der Waals surface area contributed by atoms with Crippen molar-refractivity contribution in [1.29, 1.82) is 0 Å². The molecule has 0 fully saturated rings. The minimum absolute atomic E-state index is 0.0706. The highest BCUT2D eigenvalue weighted by Crippen LogP contribution is 2.17. The number of carbonyl (C=O) groups excluding carboxylic acids is 3. The monoisotopic (exact) mass is 1020 g/mol. The lowest BCUT2D eigenvalue weighted by Crippen LogP contribution is -2.30. The molecule has 0 aliphatic rings. The van der Waals surface area contributed by atoms with Gasteiger partial charge in [0.05, 0.1) is 0 Å². The number of esters is 3. The van der Waals surface area contributed by atoms with Gasteiger partial charge in [-0.05, 0) is 77.0 Å². The minimum atomic E-state index is -0.774. The third kappa shape index (κ3) is 60.4. The van der Waals surface area contributed by atoms with E-state index >= 15 is 0 Å². The molecule has 0 aromatic heterocycles. The van der Waals surface area contributed by atoms with Gasteiger partial charge in [0.2, 0.25) is 0 Å². The number of hydrogen-bond donors (Lipinski definition) is 0. The molecule has 0 aromatic rings. The van der Waals surface area contributed by atoms with Crippen LogP contribution in [0.15, 0.2) is 36.5 Å². The fraction of sp³-hybridized carbons (Fsp3) is 0.866. The predicted octanol–water partition coefficient (Wildman–Crippen LogP) is 22.0. The third-order valence-corrected chi connectivity index (χ3v) is 14.6. The Kier molecular flexibility index (Phi) is 60.2. The highest BCUT2D eigenvalue weighted by atomic mass is 16.6. The molecule has 73 heavy (non-hydrogen) atoms. The summed E-state index contributed by atoms with van der Waals surface area (Å²) < 4.78 is 17.0. The van der Waals surface area contributed by atoms with E-state index < -0.39 is 6.10 Å². The zero-order valence-corrected chi connectivity index (χ0v) is 49.2. The van der Waals surface area contributed by atoms with Crippen LogP contribution < -0.4 is 0 Å². The second kappa shape index (κ2) is 62.2. The SMILES string of the molecule is CCCCC/C=C\C/C=C\CCCCCCCCCC(=O)OC[C@H](COC(=O)CCCCCCCCCCCCC/C=C\CCCCCCCC)OC(=O)CCCCCCCCCCCCCCCCCCC. The average Bonchev–Trinajstić information content (AvgIpc) is 3.39. The summed E-state index contributed by atoms with van der Waals surface area (Å²) in [6.07, 6.45) is 75.7. The lowest BCUT2D eigenvalue weighted by molar-refractivity contribution is -0.167. The van der Waals surface area contributed by atoms with Crippen LogP contribution in [0.5, 0.6) is 0 Å². The van der Waals surface area contributed by atoms with Gasteiger partial charge in [0.25, 0.3) is 0 Å². The lowest BCUT2D eigenvalue weighted by Gasteiger charge is -2.18. The van der Waals surface area contributed by atoms with Crippen molar-refractivity contribution in [2.45, 2.75) is 361 Å². The normalized spacial score (nSPS) is 12.2. The molecular formula is C67H124O6. The topological polar surface area (TPSA) is 78.9 Å². The Balaban J connectivity index is 4.32. The smallest absolute Gasteiger partial charge is 0.306 e. The summed E-state index contributed by atoms with van der Waals surface area (Å²) >= 11 is 0. The first-order valence-electron chi connectivity index (χ1n) is 32.5. The van der Waals surface area contributed by atoms with Gasteiger partial charge in [-0.1, -0.05) is 295 Å². The van der Waals surface area contributed by atoms with E-state index in [1.54, 1.807) is 0 Å². The average molecular weight is 1030 g/mol. The number of rotatable bonds is 60. The van der Waals surface area contributed by atoms with Gasteiger partial charge in [0.15, 0.2) is 6.10 Å². The summed E-state index contributed by atoms with van der Waals surface area (Å²) in [6.45, 7) is 6.67.